The summed E-state index contributed by atoms with van der Waals surface area (Å²) in [5, 5.41) is 0. The Kier molecular flexibility index (Phi) is 3.49. The van der Waals surface area contributed by atoms with Crippen LogP contribution in [0.1, 0.15) is 17.1 Å². The molecule has 0 aliphatic carbocycles. The molecule has 1 N–H and O–H groups in total. The zero-order chi connectivity index (χ0) is 13.2. The van der Waals surface area contributed by atoms with Crippen molar-refractivity contribution in [2.24, 2.45) is 0 Å². The quantitative estimate of drug-likeness (QED) is 0.915. The molecular formula is C12H14N2O3S. The van der Waals surface area contributed by atoms with E-state index in [1.165, 1.54) is 6.26 Å². The fraction of sp³-hybridized carbons (Fsp3) is 0.250. The predicted octanol–water partition coefficient (Wildman–Crippen LogP) is 1.77. The first-order valence-electron chi connectivity index (χ1n) is 5.45. The van der Waals surface area contributed by atoms with Crippen LogP contribution in [0.2, 0.25) is 0 Å². The molecule has 5 nitrogen and oxygen atoms in total. The van der Waals surface area contributed by atoms with E-state index in [0.717, 1.165) is 5.56 Å². The van der Waals surface area contributed by atoms with E-state index in [1.54, 1.807) is 31.2 Å². The monoisotopic (exact) mass is 266 g/mol. The topological polar surface area (TPSA) is 72.2 Å². The first kappa shape index (κ1) is 12.8. The van der Waals surface area contributed by atoms with Gasteiger partial charge in [-0.2, -0.15) is 0 Å². The summed E-state index contributed by atoms with van der Waals surface area (Å²) in [6, 6.07) is 6.67. The summed E-state index contributed by atoms with van der Waals surface area (Å²) >= 11 is 0. The minimum atomic E-state index is -3.50. The number of benzene rings is 1. The lowest BCUT2D eigenvalue weighted by molar-refractivity contribution is 0.520. The summed E-state index contributed by atoms with van der Waals surface area (Å²) in [7, 11) is -3.50. The maximum atomic E-state index is 12.0. The van der Waals surface area contributed by atoms with Crippen LogP contribution in [0.4, 0.5) is 0 Å². The Bertz CT molecular complexity index is 630. The van der Waals surface area contributed by atoms with Crippen molar-refractivity contribution in [3.05, 3.63) is 47.7 Å². The van der Waals surface area contributed by atoms with Crippen molar-refractivity contribution < 1.29 is 12.8 Å². The number of nitrogens with zero attached hydrogens (tertiary/aromatic N) is 1. The molecule has 0 saturated heterocycles. The largest absolute Gasteiger partial charge is 0.449 e. The zero-order valence-electron chi connectivity index (χ0n) is 10.2. The summed E-state index contributed by atoms with van der Waals surface area (Å²) in [5.74, 6) is 0.513. The minimum Gasteiger partial charge on any atom is -0.449 e. The molecule has 0 atom stereocenters. The van der Waals surface area contributed by atoms with Crippen LogP contribution in [0.15, 0.2) is 39.8 Å². The van der Waals surface area contributed by atoms with Crippen LogP contribution in [0.5, 0.6) is 0 Å². The van der Waals surface area contributed by atoms with Crippen molar-refractivity contribution in [2.75, 3.05) is 0 Å². The van der Waals surface area contributed by atoms with E-state index in [0.29, 0.717) is 11.6 Å². The third-order valence-electron chi connectivity index (χ3n) is 2.44. The molecule has 1 aromatic heterocycles. The molecule has 1 heterocycles. The number of oxazole rings is 1. The summed E-state index contributed by atoms with van der Waals surface area (Å²) < 4.78 is 31.4. The molecule has 0 aliphatic heterocycles. The van der Waals surface area contributed by atoms with E-state index in [4.69, 9.17) is 4.42 Å². The number of hydrogen-bond donors (Lipinski definition) is 1. The highest BCUT2D eigenvalue weighted by Crippen LogP contribution is 2.10. The average molecular weight is 266 g/mol. The van der Waals surface area contributed by atoms with Crippen LogP contribution < -0.4 is 4.72 Å². The van der Waals surface area contributed by atoms with Crippen LogP contribution in [0.3, 0.4) is 0 Å². The standard InChI is InChI=1S/C12H14N2O3S/c1-9-3-5-12(6-4-9)18(15,16)13-7-11-8-17-10(2)14-11/h3-6,8,13H,7H2,1-2H3. The summed E-state index contributed by atoms with van der Waals surface area (Å²) in [5.41, 5.74) is 1.57. The van der Waals surface area contributed by atoms with Gasteiger partial charge in [-0.25, -0.2) is 18.1 Å². The van der Waals surface area contributed by atoms with Crippen LogP contribution in [-0.4, -0.2) is 13.4 Å². The Labute approximate surface area is 106 Å². The smallest absolute Gasteiger partial charge is 0.240 e. The van der Waals surface area contributed by atoms with Gasteiger partial charge in [0.15, 0.2) is 5.89 Å². The highest BCUT2D eigenvalue weighted by Gasteiger charge is 2.14. The average Bonchev–Trinajstić information content (AvgIpc) is 2.73. The van der Waals surface area contributed by atoms with Crippen molar-refractivity contribution in [3.8, 4) is 0 Å². The number of aromatic nitrogens is 1. The lowest BCUT2D eigenvalue weighted by Gasteiger charge is -2.05. The summed E-state index contributed by atoms with van der Waals surface area (Å²) in [4.78, 5) is 4.27. The van der Waals surface area contributed by atoms with Gasteiger partial charge in [-0.3, -0.25) is 0 Å². The number of sulfonamides is 1. The predicted molar refractivity (Wildman–Crippen MR) is 66.4 cm³/mol. The molecule has 2 aromatic rings. The maximum Gasteiger partial charge on any atom is 0.240 e. The second kappa shape index (κ2) is 4.91. The van der Waals surface area contributed by atoms with Crippen molar-refractivity contribution in [3.63, 3.8) is 0 Å². The van der Waals surface area contributed by atoms with E-state index < -0.39 is 10.0 Å². The van der Waals surface area contributed by atoms with Crippen molar-refractivity contribution in [1.29, 1.82) is 0 Å². The third kappa shape index (κ3) is 2.96. The summed E-state index contributed by atoms with van der Waals surface area (Å²) in [6.07, 6.45) is 1.44. The lowest BCUT2D eigenvalue weighted by Crippen LogP contribution is -2.23. The molecule has 0 radical (unpaired) electrons. The molecule has 0 fully saturated rings. The Balaban J connectivity index is 2.10. The van der Waals surface area contributed by atoms with Gasteiger partial charge in [-0.15, -0.1) is 0 Å². The second-order valence-corrected chi connectivity index (χ2v) is 5.76. The molecule has 0 spiro atoms. The van der Waals surface area contributed by atoms with Crippen molar-refractivity contribution in [2.45, 2.75) is 25.3 Å². The fourth-order valence-electron chi connectivity index (χ4n) is 1.46. The molecule has 0 aliphatic rings. The highest BCUT2D eigenvalue weighted by molar-refractivity contribution is 7.89. The molecular weight excluding hydrogens is 252 g/mol. The molecule has 6 heteroatoms. The van der Waals surface area contributed by atoms with Crippen LogP contribution in [-0.2, 0) is 16.6 Å². The van der Waals surface area contributed by atoms with Gasteiger partial charge in [0.05, 0.1) is 17.1 Å². The fourth-order valence-corrected chi connectivity index (χ4v) is 2.46. The molecule has 0 bridgehead atoms. The Morgan fingerprint density at radius 3 is 2.44 bits per heavy atom. The Morgan fingerprint density at radius 1 is 1.22 bits per heavy atom. The van der Waals surface area contributed by atoms with E-state index >= 15 is 0 Å². The van der Waals surface area contributed by atoms with Crippen molar-refractivity contribution >= 4 is 10.0 Å². The lowest BCUT2D eigenvalue weighted by atomic mass is 10.2. The maximum absolute atomic E-state index is 12.0. The van der Waals surface area contributed by atoms with Crippen LogP contribution in [0.25, 0.3) is 0 Å². The molecule has 0 amide bonds. The second-order valence-electron chi connectivity index (χ2n) is 4.00. The van der Waals surface area contributed by atoms with E-state index in [9.17, 15) is 8.42 Å². The molecule has 0 saturated carbocycles. The van der Waals surface area contributed by atoms with Crippen LogP contribution >= 0.6 is 0 Å². The summed E-state index contributed by atoms with van der Waals surface area (Å²) in [6.45, 7) is 3.73. The molecule has 18 heavy (non-hydrogen) atoms. The van der Waals surface area contributed by atoms with Gasteiger partial charge in [-0.05, 0) is 19.1 Å². The van der Waals surface area contributed by atoms with Gasteiger partial charge in [-0.1, -0.05) is 17.7 Å². The zero-order valence-corrected chi connectivity index (χ0v) is 11.0. The third-order valence-corrected chi connectivity index (χ3v) is 3.86. The van der Waals surface area contributed by atoms with Crippen LogP contribution in [0, 0.1) is 13.8 Å². The van der Waals surface area contributed by atoms with E-state index in [1.807, 2.05) is 6.92 Å². The van der Waals surface area contributed by atoms with Gasteiger partial charge >= 0.3 is 0 Å². The highest BCUT2D eigenvalue weighted by atomic mass is 32.2. The Hall–Kier alpha value is -1.66. The van der Waals surface area contributed by atoms with Gasteiger partial charge in [0.25, 0.3) is 0 Å². The minimum absolute atomic E-state index is 0.119. The van der Waals surface area contributed by atoms with Gasteiger partial charge in [0.1, 0.15) is 6.26 Å². The first-order chi connectivity index (χ1) is 8.47. The SMILES string of the molecule is Cc1ccc(S(=O)(=O)NCc2coc(C)n2)cc1. The first-order valence-corrected chi connectivity index (χ1v) is 6.93. The molecule has 0 unspecified atom stereocenters. The Morgan fingerprint density at radius 2 is 1.89 bits per heavy atom. The molecule has 1 aromatic carbocycles. The van der Waals surface area contributed by atoms with Gasteiger partial charge < -0.3 is 4.42 Å². The molecule has 2 rings (SSSR count). The van der Waals surface area contributed by atoms with Gasteiger partial charge in [0, 0.05) is 6.92 Å². The number of nitrogens with one attached hydrogen (secondary N) is 1. The van der Waals surface area contributed by atoms with E-state index in [2.05, 4.69) is 9.71 Å². The number of hydrogen-bond acceptors (Lipinski definition) is 4. The van der Waals surface area contributed by atoms with E-state index in [-0.39, 0.29) is 11.4 Å². The number of aryl methyl sites for hydroxylation is 2. The molecule has 96 valence electrons. The normalized spacial score (nSPS) is 11.7. The van der Waals surface area contributed by atoms with Crippen molar-refractivity contribution in [1.82, 2.24) is 9.71 Å². The van der Waals surface area contributed by atoms with Gasteiger partial charge in [0.2, 0.25) is 10.0 Å². The number of rotatable bonds is 4.